The predicted octanol–water partition coefficient (Wildman–Crippen LogP) is 4.03. The fraction of sp³-hybridized carbons (Fsp3) is 0.269. The van der Waals surface area contributed by atoms with Crippen molar-refractivity contribution in [3.05, 3.63) is 77.4 Å². The molecule has 1 amide bonds. The molecule has 0 bridgehead atoms. The molecule has 3 aromatic rings. The van der Waals surface area contributed by atoms with Gasteiger partial charge in [0.25, 0.3) is 0 Å². The summed E-state index contributed by atoms with van der Waals surface area (Å²) in [6.07, 6.45) is 1.55. The summed E-state index contributed by atoms with van der Waals surface area (Å²) >= 11 is 0. The number of carbonyl (C=O) groups is 3. The Labute approximate surface area is 192 Å². The molecule has 0 spiro atoms. The van der Waals surface area contributed by atoms with Gasteiger partial charge in [-0.1, -0.05) is 49.7 Å². The van der Waals surface area contributed by atoms with Gasteiger partial charge in [0.2, 0.25) is 5.91 Å². The number of carbonyl (C=O) groups excluding carboxylic acids is 3. The molecule has 0 heterocycles. The molecule has 33 heavy (non-hydrogen) atoms. The molecule has 1 atom stereocenters. The average Bonchev–Trinajstić information content (AvgIpc) is 2.87. The van der Waals surface area contributed by atoms with E-state index in [1.165, 1.54) is 0 Å². The fourth-order valence-corrected chi connectivity index (χ4v) is 3.59. The number of ether oxygens (including phenoxy) is 2. The van der Waals surface area contributed by atoms with E-state index in [4.69, 9.17) is 15.3 Å². The molecule has 3 aromatic carbocycles. The Balaban J connectivity index is 1.76. The molecule has 0 fully saturated rings. The van der Waals surface area contributed by atoms with Crippen LogP contribution in [0.5, 0.6) is 5.75 Å². The lowest BCUT2D eigenvalue weighted by Crippen LogP contribution is -2.30. The molecule has 0 saturated heterocycles. The molecule has 0 aliphatic heterocycles. The molecule has 3 N–H and O–H groups in total. The van der Waals surface area contributed by atoms with Crippen molar-refractivity contribution in [1.82, 2.24) is 5.43 Å². The lowest BCUT2D eigenvalue weighted by atomic mass is 9.96. The van der Waals surface area contributed by atoms with E-state index in [1.807, 2.05) is 31.2 Å². The van der Waals surface area contributed by atoms with E-state index in [1.54, 1.807) is 43.5 Å². The highest BCUT2D eigenvalue weighted by atomic mass is 16.5. The van der Waals surface area contributed by atoms with Gasteiger partial charge >= 0.3 is 5.97 Å². The topological polar surface area (TPSA) is 108 Å². The Kier molecular flexibility index (Phi) is 8.16. The first kappa shape index (κ1) is 23.9. The Morgan fingerprint density at radius 2 is 1.67 bits per heavy atom. The number of hydrazine groups is 1. The van der Waals surface area contributed by atoms with Crippen LogP contribution in [0, 0.1) is 5.92 Å². The van der Waals surface area contributed by atoms with Crippen LogP contribution in [0.3, 0.4) is 0 Å². The van der Waals surface area contributed by atoms with Crippen LogP contribution in [-0.2, 0) is 9.53 Å². The van der Waals surface area contributed by atoms with Crippen molar-refractivity contribution in [1.29, 1.82) is 0 Å². The standard InChI is InChI=1S/C26H28N2O5/c1-3-17(8-13-24(29)28-27)16-33-26(31)23-7-5-4-6-22(23)25(30)20-10-9-19-15-21(32-2)12-11-18(19)14-20/h4-7,9-12,14-15,17H,3,8,13,16,27H2,1-2H3,(H,28,29). The van der Waals surface area contributed by atoms with Crippen LogP contribution in [0.25, 0.3) is 10.8 Å². The summed E-state index contributed by atoms with van der Waals surface area (Å²) in [5.41, 5.74) is 3.07. The van der Waals surface area contributed by atoms with Gasteiger partial charge in [-0.2, -0.15) is 0 Å². The third-order valence-corrected chi connectivity index (χ3v) is 5.67. The lowest BCUT2D eigenvalue weighted by molar-refractivity contribution is -0.121. The quantitative estimate of drug-likeness (QED) is 0.159. The molecule has 0 aliphatic carbocycles. The van der Waals surface area contributed by atoms with Gasteiger partial charge in [0.05, 0.1) is 19.3 Å². The van der Waals surface area contributed by atoms with E-state index in [-0.39, 0.29) is 41.8 Å². The summed E-state index contributed by atoms with van der Waals surface area (Å²) in [6.45, 7) is 2.12. The summed E-state index contributed by atoms with van der Waals surface area (Å²) in [4.78, 5) is 37.4. The molecule has 0 aliphatic rings. The minimum absolute atomic E-state index is 0.0200. The third-order valence-electron chi connectivity index (χ3n) is 5.67. The highest BCUT2D eigenvalue weighted by Gasteiger charge is 2.20. The van der Waals surface area contributed by atoms with Gasteiger partial charge in [0.1, 0.15) is 5.75 Å². The smallest absolute Gasteiger partial charge is 0.338 e. The van der Waals surface area contributed by atoms with Crippen LogP contribution in [0.4, 0.5) is 0 Å². The van der Waals surface area contributed by atoms with Gasteiger partial charge < -0.3 is 9.47 Å². The van der Waals surface area contributed by atoms with Crippen LogP contribution in [0.1, 0.15) is 52.5 Å². The first-order valence-electron chi connectivity index (χ1n) is 10.8. The van der Waals surface area contributed by atoms with Crippen molar-refractivity contribution in [2.24, 2.45) is 11.8 Å². The SMILES string of the molecule is CCC(CCC(=O)NN)COC(=O)c1ccccc1C(=O)c1ccc2cc(OC)ccc2c1. The Bertz CT molecular complexity index is 1160. The number of nitrogens with two attached hydrogens (primary N) is 1. The van der Waals surface area contributed by atoms with Crippen molar-refractivity contribution >= 4 is 28.4 Å². The number of methoxy groups -OCH3 is 1. The lowest BCUT2D eigenvalue weighted by Gasteiger charge is -2.15. The number of benzene rings is 3. The molecule has 7 heteroatoms. The molecular weight excluding hydrogens is 420 g/mol. The second-order valence-corrected chi connectivity index (χ2v) is 7.78. The third kappa shape index (κ3) is 5.96. The maximum atomic E-state index is 13.3. The van der Waals surface area contributed by atoms with E-state index in [9.17, 15) is 14.4 Å². The maximum absolute atomic E-state index is 13.3. The van der Waals surface area contributed by atoms with E-state index < -0.39 is 5.97 Å². The van der Waals surface area contributed by atoms with Gasteiger partial charge in [0, 0.05) is 17.5 Å². The number of hydrogen-bond donors (Lipinski definition) is 2. The molecule has 3 rings (SSSR count). The van der Waals surface area contributed by atoms with Crippen molar-refractivity contribution in [2.45, 2.75) is 26.2 Å². The number of fused-ring (bicyclic) bond motifs is 1. The molecule has 172 valence electrons. The number of amides is 1. The molecule has 0 saturated carbocycles. The monoisotopic (exact) mass is 448 g/mol. The van der Waals surface area contributed by atoms with Gasteiger partial charge in [-0.25, -0.2) is 10.6 Å². The van der Waals surface area contributed by atoms with Crippen molar-refractivity contribution in [2.75, 3.05) is 13.7 Å². The van der Waals surface area contributed by atoms with Crippen LogP contribution in [0.2, 0.25) is 0 Å². The van der Waals surface area contributed by atoms with Gasteiger partial charge in [-0.05, 0) is 47.4 Å². The van der Waals surface area contributed by atoms with Crippen LogP contribution >= 0.6 is 0 Å². The highest BCUT2D eigenvalue weighted by molar-refractivity contribution is 6.15. The number of ketones is 1. The zero-order valence-electron chi connectivity index (χ0n) is 18.8. The van der Waals surface area contributed by atoms with Crippen molar-refractivity contribution in [3.63, 3.8) is 0 Å². The Hall–Kier alpha value is -3.71. The summed E-state index contributed by atoms with van der Waals surface area (Å²) < 4.78 is 10.7. The summed E-state index contributed by atoms with van der Waals surface area (Å²) in [5.74, 6) is 4.79. The summed E-state index contributed by atoms with van der Waals surface area (Å²) in [7, 11) is 1.61. The first-order valence-corrected chi connectivity index (χ1v) is 10.8. The number of esters is 1. The number of rotatable bonds is 10. The molecule has 7 nitrogen and oxygen atoms in total. The molecule has 0 radical (unpaired) electrons. The minimum atomic E-state index is -0.564. The largest absolute Gasteiger partial charge is 0.497 e. The van der Waals surface area contributed by atoms with E-state index in [0.29, 0.717) is 12.0 Å². The zero-order valence-corrected chi connectivity index (χ0v) is 18.8. The van der Waals surface area contributed by atoms with Crippen molar-refractivity contribution < 1.29 is 23.9 Å². The average molecular weight is 449 g/mol. The summed E-state index contributed by atoms with van der Waals surface area (Å²) in [5, 5.41) is 1.85. The van der Waals surface area contributed by atoms with Crippen LogP contribution in [0.15, 0.2) is 60.7 Å². The highest BCUT2D eigenvalue weighted by Crippen LogP contribution is 2.24. The fourth-order valence-electron chi connectivity index (χ4n) is 3.59. The van der Waals surface area contributed by atoms with Crippen LogP contribution < -0.4 is 16.0 Å². The van der Waals surface area contributed by atoms with E-state index >= 15 is 0 Å². The maximum Gasteiger partial charge on any atom is 0.338 e. The van der Waals surface area contributed by atoms with E-state index in [2.05, 4.69) is 5.43 Å². The number of hydrogen-bond acceptors (Lipinski definition) is 6. The molecule has 0 aromatic heterocycles. The second kappa shape index (κ2) is 11.2. The first-order chi connectivity index (χ1) is 16.0. The summed E-state index contributed by atoms with van der Waals surface area (Å²) in [6, 6.07) is 17.6. The zero-order chi connectivity index (χ0) is 23.8. The van der Waals surface area contributed by atoms with E-state index in [0.717, 1.165) is 22.9 Å². The van der Waals surface area contributed by atoms with Gasteiger partial charge in [-0.15, -0.1) is 0 Å². The number of nitrogens with one attached hydrogen (secondary N) is 1. The van der Waals surface area contributed by atoms with Crippen molar-refractivity contribution in [3.8, 4) is 5.75 Å². The van der Waals surface area contributed by atoms with Gasteiger partial charge in [0.15, 0.2) is 5.78 Å². The van der Waals surface area contributed by atoms with Crippen LogP contribution in [-0.4, -0.2) is 31.4 Å². The second-order valence-electron chi connectivity index (χ2n) is 7.78. The normalized spacial score (nSPS) is 11.6. The minimum Gasteiger partial charge on any atom is -0.497 e. The molecule has 1 unspecified atom stereocenters. The predicted molar refractivity (Wildman–Crippen MR) is 126 cm³/mol. The Morgan fingerprint density at radius 3 is 2.36 bits per heavy atom. The molecular formula is C26H28N2O5. The van der Waals surface area contributed by atoms with Gasteiger partial charge in [-0.3, -0.25) is 15.0 Å². The Morgan fingerprint density at radius 1 is 0.970 bits per heavy atom.